The van der Waals surface area contributed by atoms with Gasteiger partial charge in [0.1, 0.15) is 11.2 Å². The first-order valence-corrected chi connectivity index (χ1v) is 13.9. The molecule has 36 heavy (non-hydrogen) atoms. The predicted molar refractivity (Wildman–Crippen MR) is 132 cm³/mol. The number of hydrogen-bond donors (Lipinski definition) is 3. The van der Waals surface area contributed by atoms with Gasteiger partial charge in [0.05, 0.1) is 57.0 Å². The highest BCUT2D eigenvalue weighted by molar-refractivity contribution is 7.85. The van der Waals surface area contributed by atoms with Crippen LogP contribution < -0.4 is 10.6 Å². The molecule has 2 amide bonds. The molecule has 2 fully saturated rings. The van der Waals surface area contributed by atoms with E-state index in [-0.39, 0.29) is 37.5 Å². The SMILES string of the molecule is CC(C)(C)OC(=O)N[C@H]1CCC(CO)OC1.CC(C)(C)OC(=O)N[C@H]1CCC(COS(C)(=O)=O)OC1. The summed E-state index contributed by atoms with van der Waals surface area (Å²) in [7, 11) is -3.45. The maximum absolute atomic E-state index is 11.6. The summed E-state index contributed by atoms with van der Waals surface area (Å²) in [6.45, 7) is 11.7. The normalized spacial score (nSPS) is 25.1. The summed E-state index contributed by atoms with van der Waals surface area (Å²) in [4.78, 5) is 23.0. The minimum atomic E-state index is -3.45. The molecule has 0 spiro atoms. The molecule has 0 aromatic rings. The van der Waals surface area contributed by atoms with Crippen LogP contribution >= 0.6 is 0 Å². The molecule has 2 aliphatic rings. The number of carbonyl (C=O) groups is 2. The quantitative estimate of drug-likeness (QED) is 0.426. The van der Waals surface area contributed by atoms with Gasteiger partial charge in [0, 0.05) is 0 Å². The Labute approximate surface area is 214 Å². The number of carbonyl (C=O) groups excluding carboxylic acids is 2. The number of aliphatic hydroxyl groups is 1. The lowest BCUT2D eigenvalue weighted by Gasteiger charge is -2.30. The van der Waals surface area contributed by atoms with Crippen LogP contribution in [-0.2, 0) is 33.2 Å². The Morgan fingerprint density at radius 3 is 1.56 bits per heavy atom. The van der Waals surface area contributed by atoms with Gasteiger partial charge in [-0.1, -0.05) is 0 Å². The molecule has 0 aromatic carbocycles. The molecule has 3 N–H and O–H groups in total. The standard InChI is InChI=1S/C12H23NO6S.C11H21NO4/c1-12(2,3)19-11(14)13-9-5-6-10(17-7-9)8-18-20(4,15)16;1-11(2,3)16-10(14)12-8-4-5-9(6-13)15-7-8/h9-10H,5-8H2,1-4H3,(H,13,14);8-9,13H,4-7H2,1-3H3,(H,12,14)/t9-,10?;8-,9?/m00/s1. The van der Waals surface area contributed by atoms with E-state index in [1.165, 1.54) is 0 Å². The molecule has 0 aliphatic carbocycles. The summed E-state index contributed by atoms with van der Waals surface area (Å²) in [6, 6.07) is -0.142. The summed E-state index contributed by atoms with van der Waals surface area (Å²) >= 11 is 0. The van der Waals surface area contributed by atoms with Crippen molar-refractivity contribution in [3.05, 3.63) is 0 Å². The van der Waals surface area contributed by atoms with Crippen molar-refractivity contribution in [2.45, 2.75) is 103 Å². The minimum Gasteiger partial charge on any atom is -0.444 e. The Morgan fingerprint density at radius 2 is 1.25 bits per heavy atom. The number of amides is 2. The highest BCUT2D eigenvalue weighted by Crippen LogP contribution is 2.16. The Hall–Kier alpha value is -1.67. The Kier molecular flexibility index (Phi) is 12.9. The fourth-order valence-electron chi connectivity index (χ4n) is 3.26. The van der Waals surface area contributed by atoms with E-state index in [9.17, 15) is 18.0 Å². The van der Waals surface area contributed by atoms with E-state index in [2.05, 4.69) is 14.8 Å². The lowest BCUT2D eigenvalue weighted by atomic mass is 10.1. The summed E-state index contributed by atoms with van der Waals surface area (Å²) in [5.74, 6) is 0. The van der Waals surface area contributed by atoms with Gasteiger partial charge in [-0.15, -0.1) is 0 Å². The Balaban J connectivity index is 0.000000369. The summed E-state index contributed by atoms with van der Waals surface area (Å²) in [6.07, 6.45) is 2.65. The lowest BCUT2D eigenvalue weighted by molar-refractivity contribution is -0.0336. The Morgan fingerprint density at radius 1 is 0.833 bits per heavy atom. The zero-order chi connectivity index (χ0) is 27.6. The number of alkyl carbamates (subject to hydrolysis) is 2. The maximum atomic E-state index is 11.6. The molecule has 2 aliphatic heterocycles. The van der Waals surface area contributed by atoms with Crippen molar-refractivity contribution in [2.24, 2.45) is 0 Å². The fraction of sp³-hybridized carbons (Fsp3) is 0.913. The second kappa shape index (κ2) is 14.3. The van der Waals surface area contributed by atoms with Gasteiger partial charge in [-0.05, 0) is 67.2 Å². The van der Waals surface area contributed by atoms with Crippen molar-refractivity contribution in [2.75, 3.05) is 32.7 Å². The molecule has 0 saturated carbocycles. The summed E-state index contributed by atoms with van der Waals surface area (Å²) < 4.78 is 47.5. The van der Waals surface area contributed by atoms with Crippen molar-refractivity contribution in [3.8, 4) is 0 Å². The number of nitrogens with one attached hydrogen (secondary N) is 2. The van der Waals surface area contributed by atoms with E-state index >= 15 is 0 Å². The first-order chi connectivity index (χ1) is 16.5. The molecule has 2 saturated heterocycles. The molecule has 13 heteroatoms. The van der Waals surface area contributed by atoms with Crippen LogP contribution in [0.3, 0.4) is 0 Å². The van der Waals surface area contributed by atoms with Gasteiger partial charge < -0.3 is 34.7 Å². The second-order valence-electron chi connectivity index (χ2n) is 10.9. The summed E-state index contributed by atoms with van der Waals surface area (Å²) in [5.41, 5.74) is -1.02. The van der Waals surface area contributed by atoms with Crippen LogP contribution in [0.4, 0.5) is 9.59 Å². The van der Waals surface area contributed by atoms with Crippen LogP contribution in [0.15, 0.2) is 0 Å². The van der Waals surface area contributed by atoms with Crippen molar-refractivity contribution in [1.82, 2.24) is 10.6 Å². The van der Waals surface area contributed by atoms with Crippen LogP contribution in [0.25, 0.3) is 0 Å². The molecule has 0 aromatic heterocycles. The number of rotatable bonds is 6. The fourth-order valence-corrected chi connectivity index (χ4v) is 3.66. The third-order valence-electron chi connectivity index (χ3n) is 4.85. The molecule has 12 nitrogen and oxygen atoms in total. The first-order valence-electron chi connectivity index (χ1n) is 12.1. The van der Waals surface area contributed by atoms with Gasteiger partial charge in [0.25, 0.3) is 10.1 Å². The molecule has 4 atom stereocenters. The molecule has 2 rings (SSSR count). The first kappa shape index (κ1) is 32.4. The summed E-state index contributed by atoms with van der Waals surface area (Å²) in [5, 5.41) is 14.4. The monoisotopic (exact) mass is 540 g/mol. The van der Waals surface area contributed by atoms with Gasteiger partial charge in [-0.2, -0.15) is 8.42 Å². The third-order valence-corrected chi connectivity index (χ3v) is 5.42. The van der Waals surface area contributed by atoms with E-state index < -0.39 is 33.5 Å². The number of ether oxygens (including phenoxy) is 4. The molecule has 212 valence electrons. The van der Waals surface area contributed by atoms with Gasteiger partial charge >= 0.3 is 12.2 Å². The van der Waals surface area contributed by atoms with Crippen LogP contribution in [0.5, 0.6) is 0 Å². The van der Waals surface area contributed by atoms with Gasteiger partial charge in [-0.3, -0.25) is 4.18 Å². The number of aliphatic hydroxyl groups excluding tert-OH is 1. The molecule has 0 bridgehead atoms. The zero-order valence-electron chi connectivity index (χ0n) is 22.5. The maximum Gasteiger partial charge on any atom is 0.407 e. The Bertz CT molecular complexity index is 776. The minimum absolute atomic E-state index is 0.0119. The third kappa shape index (κ3) is 16.1. The van der Waals surface area contributed by atoms with Crippen molar-refractivity contribution >= 4 is 22.3 Å². The van der Waals surface area contributed by atoms with E-state index in [4.69, 9.17) is 24.1 Å². The van der Waals surface area contributed by atoms with Gasteiger partial charge in [0.15, 0.2) is 0 Å². The predicted octanol–water partition coefficient (Wildman–Crippen LogP) is 2.09. The average molecular weight is 541 g/mol. The van der Waals surface area contributed by atoms with Crippen molar-refractivity contribution in [1.29, 1.82) is 0 Å². The highest BCUT2D eigenvalue weighted by Gasteiger charge is 2.26. The van der Waals surface area contributed by atoms with E-state index in [0.717, 1.165) is 19.1 Å². The number of hydrogen-bond acceptors (Lipinski definition) is 10. The second-order valence-corrected chi connectivity index (χ2v) is 12.6. The molecular formula is C23H44N2O10S. The molecular weight excluding hydrogens is 496 g/mol. The highest BCUT2D eigenvalue weighted by atomic mass is 32.2. The van der Waals surface area contributed by atoms with E-state index in [1.54, 1.807) is 20.8 Å². The van der Waals surface area contributed by atoms with Gasteiger partial charge in [0.2, 0.25) is 0 Å². The molecule has 0 radical (unpaired) electrons. The zero-order valence-corrected chi connectivity index (χ0v) is 23.3. The smallest absolute Gasteiger partial charge is 0.407 e. The topological polar surface area (TPSA) is 159 Å². The van der Waals surface area contributed by atoms with Crippen LogP contribution in [0, 0.1) is 0 Å². The van der Waals surface area contributed by atoms with Crippen LogP contribution in [0.1, 0.15) is 67.2 Å². The van der Waals surface area contributed by atoms with Crippen LogP contribution in [-0.4, -0.2) is 93.9 Å². The largest absolute Gasteiger partial charge is 0.444 e. The molecule has 2 unspecified atom stereocenters. The van der Waals surface area contributed by atoms with Crippen molar-refractivity contribution in [3.63, 3.8) is 0 Å². The van der Waals surface area contributed by atoms with Crippen molar-refractivity contribution < 1.29 is 46.2 Å². The average Bonchev–Trinajstić information content (AvgIpc) is 2.71. The molecule has 2 heterocycles. The van der Waals surface area contributed by atoms with E-state index in [1.807, 2.05) is 20.8 Å². The lowest BCUT2D eigenvalue weighted by Crippen LogP contribution is -2.45. The van der Waals surface area contributed by atoms with Crippen LogP contribution in [0.2, 0.25) is 0 Å². The van der Waals surface area contributed by atoms with Gasteiger partial charge in [-0.25, -0.2) is 9.59 Å². The van der Waals surface area contributed by atoms with E-state index in [0.29, 0.717) is 26.1 Å².